The van der Waals surface area contributed by atoms with Crippen molar-refractivity contribution in [1.29, 1.82) is 0 Å². The van der Waals surface area contributed by atoms with E-state index in [0.717, 1.165) is 12.3 Å². The topological polar surface area (TPSA) is 38.4 Å². The van der Waals surface area contributed by atoms with Gasteiger partial charge >= 0.3 is 0 Å². The van der Waals surface area contributed by atoms with Gasteiger partial charge in [-0.1, -0.05) is 27.7 Å². The van der Waals surface area contributed by atoms with Gasteiger partial charge in [-0.05, 0) is 18.6 Å². The van der Waals surface area contributed by atoms with E-state index in [2.05, 4.69) is 44.8 Å². The quantitative estimate of drug-likeness (QED) is 0.621. The summed E-state index contributed by atoms with van der Waals surface area (Å²) in [5.41, 5.74) is 5.87. The molecule has 2 nitrogen and oxygen atoms in total. The lowest BCUT2D eigenvalue weighted by atomic mass is 9.95. The maximum absolute atomic E-state index is 5.89. The summed E-state index contributed by atoms with van der Waals surface area (Å²) < 4.78 is 0. The van der Waals surface area contributed by atoms with Gasteiger partial charge in [0.25, 0.3) is 0 Å². The Labute approximate surface area is 96.2 Å². The van der Waals surface area contributed by atoms with Crippen molar-refractivity contribution in [2.24, 2.45) is 16.1 Å². The fraction of sp³-hybridized carbons (Fsp3) is 0.583. The number of aryl methyl sites for hydroxylation is 1. The second-order valence-electron chi connectivity index (χ2n) is 4.67. The molecule has 0 saturated carbocycles. The molecule has 0 fully saturated rings. The third-order valence-electron chi connectivity index (χ3n) is 2.24. The number of amidine groups is 1. The first-order chi connectivity index (χ1) is 6.93. The average molecular weight is 224 g/mol. The molecule has 0 atom stereocenters. The summed E-state index contributed by atoms with van der Waals surface area (Å²) in [6.07, 6.45) is 1.10. The minimum atomic E-state index is -0.0230. The lowest BCUT2D eigenvalue weighted by molar-refractivity contribution is 0.581. The van der Waals surface area contributed by atoms with Crippen molar-refractivity contribution >= 4 is 17.2 Å². The molecule has 0 spiro atoms. The molecule has 0 amide bonds. The first-order valence-corrected chi connectivity index (χ1v) is 6.13. The number of nitrogens with two attached hydrogens (primary N) is 1. The van der Waals surface area contributed by atoms with Crippen LogP contribution in [0.3, 0.4) is 0 Å². The highest BCUT2D eigenvalue weighted by Crippen LogP contribution is 2.19. The zero-order valence-corrected chi connectivity index (χ0v) is 10.8. The highest BCUT2D eigenvalue weighted by Gasteiger charge is 2.14. The molecule has 15 heavy (non-hydrogen) atoms. The SMILES string of the molecule is CCc1ccc(CN=C(N)C(C)(C)C)s1. The molecule has 3 heteroatoms. The van der Waals surface area contributed by atoms with E-state index in [1.54, 1.807) is 0 Å². The molecule has 0 aliphatic rings. The van der Waals surface area contributed by atoms with Crippen LogP contribution in [0.2, 0.25) is 0 Å². The fourth-order valence-corrected chi connectivity index (χ4v) is 1.98. The van der Waals surface area contributed by atoms with Crippen LogP contribution in [0.15, 0.2) is 17.1 Å². The van der Waals surface area contributed by atoms with Gasteiger partial charge in [-0.3, -0.25) is 4.99 Å². The maximum atomic E-state index is 5.89. The van der Waals surface area contributed by atoms with Gasteiger partial charge in [-0.25, -0.2) is 0 Å². The highest BCUT2D eigenvalue weighted by atomic mass is 32.1. The van der Waals surface area contributed by atoms with Crippen molar-refractivity contribution < 1.29 is 0 Å². The number of nitrogens with zero attached hydrogens (tertiary/aromatic N) is 1. The largest absolute Gasteiger partial charge is 0.387 e. The van der Waals surface area contributed by atoms with Gasteiger partial charge < -0.3 is 5.73 Å². The summed E-state index contributed by atoms with van der Waals surface area (Å²) in [4.78, 5) is 7.12. The molecule has 1 aromatic rings. The van der Waals surface area contributed by atoms with Crippen LogP contribution in [0.1, 0.15) is 37.4 Å². The predicted molar refractivity (Wildman–Crippen MR) is 68.5 cm³/mol. The van der Waals surface area contributed by atoms with E-state index in [4.69, 9.17) is 5.73 Å². The molecule has 0 aliphatic heterocycles. The Bertz CT molecular complexity index is 345. The summed E-state index contributed by atoms with van der Waals surface area (Å²) in [5, 5.41) is 0. The Morgan fingerprint density at radius 1 is 1.33 bits per heavy atom. The normalized spacial score (nSPS) is 13.2. The van der Waals surface area contributed by atoms with Crippen LogP contribution < -0.4 is 5.73 Å². The minimum absolute atomic E-state index is 0.0230. The summed E-state index contributed by atoms with van der Waals surface area (Å²) >= 11 is 1.82. The van der Waals surface area contributed by atoms with Crippen LogP contribution >= 0.6 is 11.3 Å². The third-order valence-corrected chi connectivity index (χ3v) is 3.45. The lowest BCUT2D eigenvalue weighted by Crippen LogP contribution is -2.28. The van der Waals surface area contributed by atoms with Gasteiger partial charge in [0.2, 0.25) is 0 Å². The monoisotopic (exact) mass is 224 g/mol. The van der Waals surface area contributed by atoms with Crippen LogP contribution in [0, 0.1) is 5.41 Å². The Kier molecular flexibility index (Phi) is 3.91. The molecule has 0 radical (unpaired) electrons. The number of rotatable bonds is 3. The van der Waals surface area contributed by atoms with Gasteiger partial charge in [-0.15, -0.1) is 11.3 Å². The molecule has 84 valence electrons. The molecule has 0 saturated heterocycles. The van der Waals surface area contributed by atoms with Crippen LogP contribution in [-0.2, 0) is 13.0 Å². The van der Waals surface area contributed by atoms with Crippen molar-refractivity contribution in [3.05, 3.63) is 21.9 Å². The van der Waals surface area contributed by atoms with E-state index in [9.17, 15) is 0 Å². The summed E-state index contributed by atoms with van der Waals surface area (Å²) in [6.45, 7) is 9.13. The van der Waals surface area contributed by atoms with Gasteiger partial charge in [0.15, 0.2) is 0 Å². The molecular formula is C12H20N2S. The smallest absolute Gasteiger partial charge is 0.0995 e. The molecule has 0 bridgehead atoms. The molecule has 0 unspecified atom stereocenters. The van der Waals surface area contributed by atoms with Crippen molar-refractivity contribution in [3.8, 4) is 0 Å². The van der Waals surface area contributed by atoms with E-state index in [1.165, 1.54) is 9.75 Å². The van der Waals surface area contributed by atoms with Crippen LogP contribution in [-0.4, -0.2) is 5.84 Å². The van der Waals surface area contributed by atoms with Gasteiger partial charge in [-0.2, -0.15) is 0 Å². The third kappa shape index (κ3) is 3.67. The van der Waals surface area contributed by atoms with Crippen molar-refractivity contribution in [3.63, 3.8) is 0 Å². The van der Waals surface area contributed by atoms with E-state index in [-0.39, 0.29) is 5.41 Å². The van der Waals surface area contributed by atoms with Crippen molar-refractivity contribution in [1.82, 2.24) is 0 Å². The van der Waals surface area contributed by atoms with Crippen molar-refractivity contribution in [2.45, 2.75) is 40.7 Å². The van der Waals surface area contributed by atoms with Crippen LogP contribution in [0.4, 0.5) is 0 Å². The number of thiophene rings is 1. The summed E-state index contributed by atoms with van der Waals surface area (Å²) in [5.74, 6) is 0.731. The molecule has 1 heterocycles. The van der Waals surface area contributed by atoms with E-state index in [1.807, 2.05) is 11.3 Å². The van der Waals surface area contributed by atoms with Gasteiger partial charge in [0.1, 0.15) is 0 Å². The Morgan fingerprint density at radius 2 is 1.93 bits per heavy atom. The lowest BCUT2D eigenvalue weighted by Gasteiger charge is -2.17. The first-order valence-electron chi connectivity index (χ1n) is 5.31. The zero-order chi connectivity index (χ0) is 11.5. The minimum Gasteiger partial charge on any atom is -0.387 e. The summed E-state index contributed by atoms with van der Waals surface area (Å²) in [7, 11) is 0. The second-order valence-corrected chi connectivity index (χ2v) is 5.93. The van der Waals surface area contributed by atoms with Gasteiger partial charge in [0.05, 0.1) is 12.4 Å². The standard InChI is InChI=1S/C12H20N2S/c1-5-9-6-7-10(15-9)8-14-11(13)12(2,3)4/h6-7H,5,8H2,1-4H3,(H2,13,14). The molecule has 1 rings (SSSR count). The Balaban J connectivity index is 2.64. The Hall–Kier alpha value is -0.830. The number of hydrogen-bond acceptors (Lipinski definition) is 2. The van der Waals surface area contributed by atoms with E-state index >= 15 is 0 Å². The van der Waals surface area contributed by atoms with Crippen LogP contribution in [0.25, 0.3) is 0 Å². The van der Waals surface area contributed by atoms with E-state index < -0.39 is 0 Å². The molecular weight excluding hydrogens is 204 g/mol. The summed E-state index contributed by atoms with van der Waals surface area (Å²) in [6, 6.07) is 4.31. The molecule has 1 aromatic heterocycles. The van der Waals surface area contributed by atoms with Crippen molar-refractivity contribution in [2.75, 3.05) is 0 Å². The Morgan fingerprint density at radius 3 is 2.40 bits per heavy atom. The van der Waals surface area contributed by atoms with Crippen LogP contribution in [0.5, 0.6) is 0 Å². The van der Waals surface area contributed by atoms with Gasteiger partial charge in [0, 0.05) is 15.2 Å². The zero-order valence-electron chi connectivity index (χ0n) is 10.0. The first kappa shape index (κ1) is 12.2. The van der Waals surface area contributed by atoms with E-state index in [0.29, 0.717) is 6.54 Å². The second kappa shape index (κ2) is 4.79. The number of hydrogen-bond donors (Lipinski definition) is 1. The highest BCUT2D eigenvalue weighted by molar-refractivity contribution is 7.11. The molecule has 2 N–H and O–H groups in total. The molecule has 0 aliphatic carbocycles. The average Bonchev–Trinajstić information content (AvgIpc) is 2.60. The predicted octanol–water partition coefficient (Wildman–Crippen LogP) is 3.21. The fourth-order valence-electron chi connectivity index (χ4n) is 1.10. The maximum Gasteiger partial charge on any atom is 0.0995 e. The number of aliphatic imine (C=N–C) groups is 1. The molecule has 0 aromatic carbocycles.